The Balaban J connectivity index is 0.000000132. The van der Waals surface area contributed by atoms with Crippen LogP contribution in [0.4, 0.5) is 12.0 Å². The third-order valence-electron chi connectivity index (χ3n) is 14.4. The highest BCUT2D eigenvalue weighted by molar-refractivity contribution is 9.10. The molecule has 5 fully saturated rings. The first-order chi connectivity index (χ1) is 32.9. The Bertz CT molecular complexity index is 2570. The normalized spacial score (nSPS) is 20.5. The predicted molar refractivity (Wildman–Crippen MR) is 269 cm³/mol. The molecule has 18 heteroatoms. The van der Waals surface area contributed by atoms with Crippen LogP contribution >= 0.6 is 15.9 Å². The summed E-state index contributed by atoms with van der Waals surface area (Å²) in [5.41, 5.74) is 4.53. The summed E-state index contributed by atoms with van der Waals surface area (Å²) in [6.07, 6.45) is 16.5. The van der Waals surface area contributed by atoms with Gasteiger partial charge >= 0.3 is 7.12 Å². The highest BCUT2D eigenvalue weighted by atomic mass is 79.9. The monoisotopic (exact) mass is 992 g/mol. The van der Waals surface area contributed by atoms with Crippen LogP contribution in [0.2, 0.25) is 0 Å². The largest absolute Gasteiger partial charge is 0.514 e. The number of ether oxygens (including phenoxy) is 2. The second kappa shape index (κ2) is 21.4. The molecule has 6 aromatic rings. The Morgan fingerprint density at radius 2 is 1.07 bits per heavy atom. The molecule has 5 aliphatic heterocycles. The second-order valence-electron chi connectivity index (χ2n) is 19.4. The first-order valence-electron chi connectivity index (χ1n) is 24.5. The molecule has 0 unspecified atom stereocenters. The third-order valence-corrected chi connectivity index (χ3v) is 14.8. The van der Waals surface area contributed by atoms with Gasteiger partial charge in [-0.05, 0) is 139 Å². The van der Waals surface area contributed by atoms with Crippen molar-refractivity contribution in [3.05, 3.63) is 65.4 Å². The lowest BCUT2D eigenvalue weighted by Gasteiger charge is -2.39. The maximum atomic E-state index is 6.09. The van der Waals surface area contributed by atoms with E-state index >= 15 is 0 Å². The van der Waals surface area contributed by atoms with E-state index in [9.17, 15) is 0 Å². The smallest absolute Gasteiger partial charge is 0.481 e. The number of halogens is 1. The molecule has 0 aliphatic carbocycles. The van der Waals surface area contributed by atoms with E-state index in [0.29, 0.717) is 40.7 Å². The molecule has 6 aromatic heterocycles. The molecule has 0 radical (unpaired) electrons. The topological polar surface area (TPSA) is 154 Å². The zero-order valence-corrected chi connectivity index (χ0v) is 42.1. The molecule has 362 valence electrons. The Morgan fingerprint density at radius 1 is 0.588 bits per heavy atom. The Morgan fingerprint density at radius 3 is 1.60 bits per heavy atom. The lowest BCUT2D eigenvalue weighted by molar-refractivity contribution is 0.00578. The summed E-state index contributed by atoms with van der Waals surface area (Å²) < 4.78 is 35.0. The van der Waals surface area contributed by atoms with Gasteiger partial charge in [0.15, 0.2) is 11.2 Å². The molecule has 5 saturated heterocycles. The number of pyridine rings is 4. The summed E-state index contributed by atoms with van der Waals surface area (Å²) in [6, 6.07) is 18.0. The fourth-order valence-corrected chi connectivity index (χ4v) is 10.1. The predicted octanol–water partition coefficient (Wildman–Crippen LogP) is 8.58. The Kier molecular flexibility index (Phi) is 15.2. The van der Waals surface area contributed by atoms with E-state index < -0.39 is 7.12 Å². The molecule has 0 atom stereocenters. The van der Waals surface area contributed by atoms with Gasteiger partial charge in [-0.25, -0.2) is 19.9 Å². The summed E-state index contributed by atoms with van der Waals surface area (Å²) in [5.74, 6) is 1.15. The molecule has 0 aromatic carbocycles. The van der Waals surface area contributed by atoms with E-state index in [1.54, 1.807) is 32.7 Å². The van der Waals surface area contributed by atoms with Gasteiger partial charge in [0.25, 0.3) is 12.0 Å². The zero-order chi connectivity index (χ0) is 47.3. The molecule has 0 N–H and O–H groups in total. The van der Waals surface area contributed by atoms with Gasteiger partial charge in [0.2, 0.25) is 23.1 Å². The fourth-order valence-electron chi connectivity index (χ4n) is 9.74. The summed E-state index contributed by atoms with van der Waals surface area (Å²) >= 11 is 3.42. The van der Waals surface area contributed by atoms with Crippen LogP contribution in [-0.2, 0) is 9.31 Å². The maximum absolute atomic E-state index is 6.09. The van der Waals surface area contributed by atoms with Crippen LogP contribution in [0, 0.1) is 0 Å². The third kappa shape index (κ3) is 11.3. The summed E-state index contributed by atoms with van der Waals surface area (Å²) in [5, 5.41) is 0. The number of piperidine rings is 4. The van der Waals surface area contributed by atoms with Crippen LogP contribution in [0.25, 0.3) is 33.7 Å². The molecule has 0 saturated carbocycles. The van der Waals surface area contributed by atoms with Crippen molar-refractivity contribution >= 4 is 63.1 Å². The van der Waals surface area contributed by atoms with Gasteiger partial charge in [-0.2, -0.15) is 9.97 Å². The van der Waals surface area contributed by atoms with Crippen LogP contribution in [0.3, 0.4) is 0 Å². The van der Waals surface area contributed by atoms with Gasteiger partial charge in [0.1, 0.15) is 0 Å². The number of fused-ring (bicyclic) bond motifs is 2. The van der Waals surface area contributed by atoms with Crippen molar-refractivity contribution in [1.82, 2.24) is 39.7 Å². The van der Waals surface area contributed by atoms with Crippen LogP contribution in [0.15, 0.2) is 74.2 Å². The van der Waals surface area contributed by atoms with Crippen LogP contribution < -0.4 is 24.9 Å². The average Bonchev–Trinajstić information content (AvgIpc) is 4.07. The summed E-state index contributed by atoms with van der Waals surface area (Å²) in [7, 11) is 2.77. The first kappa shape index (κ1) is 48.2. The van der Waals surface area contributed by atoms with Gasteiger partial charge in [-0.1, -0.05) is 25.0 Å². The van der Waals surface area contributed by atoms with Crippen LogP contribution in [-0.4, -0.2) is 137 Å². The highest BCUT2D eigenvalue weighted by Crippen LogP contribution is 2.37. The highest BCUT2D eigenvalue weighted by Gasteiger charge is 2.52. The molecule has 5 aliphatic rings. The van der Waals surface area contributed by atoms with Crippen molar-refractivity contribution < 1.29 is 27.6 Å². The number of nitrogens with zero attached hydrogens (tertiary/aromatic N) is 10. The van der Waals surface area contributed by atoms with Crippen molar-refractivity contribution in [1.29, 1.82) is 0 Å². The van der Waals surface area contributed by atoms with Gasteiger partial charge in [-0.15, -0.1) is 0 Å². The number of rotatable bonds is 8. The van der Waals surface area contributed by atoms with E-state index in [1.165, 1.54) is 90.4 Å². The minimum atomic E-state index is -0.435. The minimum Gasteiger partial charge on any atom is -0.481 e. The fraction of sp³-hybridized carbons (Fsp3) is 0.560. The Hall–Kier alpha value is -4.88. The number of oxazole rings is 2. The van der Waals surface area contributed by atoms with Gasteiger partial charge in [-0.3, -0.25) is 0 Å². The number of hydrogen-bond donors (Lipinski definition) is 0. The van der Waals surface area contributed by atoms with Crippen molar-refractivity contribution in [2.24, 2.45) is 0 Å². The van der Waals surface area contributed by atoms with Crippen molar-refractivity contribution in [2.75, 3.05) is 76.4 Å². The molecule has 0 bridgehead atoms. The van der Waals surface area contributed by atoms with Crippen LogP contribution in [0.5, 0.6) is 11.8 Å². The van der Waals surface area contributed by atoms with Crippen molar-refractivity contribution in [3.63, 3.8) is 0 Å². The first-order valence-corrected chi connectivity index (χ1v) is 25.3. The molecular formula is C50H66BBrN10O6. The standard InChI is InChI=1S/C22H27N5O2.C16H21BrN4O.C12H18BNO3/c1-28-20-7-5-6-18(24-20)16-14-19-21(23-15-16)25-22(29-19)27-12-8-17(9-13-27)26-10-3-2-4-11-26;17-12-10-14-15(18-11-12)19-16(22-14)21-8-4-13(5-9-21)20-6-2-1-3-7-20;1-11(2)12(3,4)17-13(16-11)9-7-6-8-10(14-9)15-5/h5-7,14-15,17H,2-4,8-13H2,1H3;10-11,13H,1-9H2;6-8H,1-5H3. The maximum Gasteiger partial charge on any atom is 0.514 e. The number of aromatic nitrogens is 6. The lowest BCUT2D eigenvalue weighted by Crippen LogP contribution is -2.46. The average molecular weight is 994 g/mol. The molecule has 11 heterocycles. The van der Waals surface area contributed by atoms with E-state index in [2.05, 4.69) is 65.4 Å². The van der Waals surface area contributed by atoms with E-state index in [-0.39, 0.29) is 11.2 Å². The molecule has 0 spiro atoms. The van der Waals surface area contributed by atoms with Gasteiger partial charge < -0.3 is 47.2 Å². The number of methoxy groups -OCH3 is 2. The van der Waals surface area contributed by atoms with Crippen molar-refractivity contribution in [3.8, 4) is 23.0 Å². The summed E-state index contributed by atoms with van der Waals surface area (Å²) in [6.45, 7) is 17.2. The molecular weight excluding hydrogens is 927 g/mol. The minimum absolute atomic E-state index is 0.345. The molecule has 0 amide bonds. The zero-order valence-electron chi connectivity index (χ0n) is 40.5. The number of anilines is 2. The van der Waals surface area contributed by atoms with E-state index in [1.807, 2.05) is 70.2 Å². The molecule has 68 heavy (non-hydrogen) atoms. The molecule has 11 rings (SSSR count). The molecule has 16 nitrogen and oxygen atoms in total. The van der Waals surface area contributed by atoms with Gasteiger partial charge in [0, 0.05) is 78.9 Å². The second-order valence-corrected chi connectivity index (χ2v) is 20.3. The van der Waals surface area contributed by atoms with Crippen LogP contribution in [0.1, 0.15) is 91.9 Å². The van der Waals surface area contributed by atoms with Gasteiger partial charge in [0.05, 0.1) is 36.7 Å². The Labute approximate surface area is 408 Å². The van der Waals surface area contributed by atoms with E-state index in [0.717, 1.165) is 65.1 Å². The number of hydrogen-bond acceptors (Lipinski definition) is 16. The van der Waals surface area contributed by atoms with E-state index in [4.69, 9.17) is 27.6 Å². The summed E-state index contributed by atoms with van der Waals surface area (Å²) in [4.78, 5) is 36.6. The number of likely N-dealkylation sites (tertiary alicyclic amines) is 2. The SMILES string of the molecule is Brc1cnc2nc(N3CCC(N4CCCCC4)CC3)oc2c1.COc1cccc(-c2cnc3nc(N4CCC(N5CCCCC5)CC4)oc3c2)n1.COc1cccc(B2OC(C)(C)C(C)(C)O2)n1. The van der Waals surface area contributed by atoms with Crippen molar-refractivity contribution in [2.45, 2.75) is 115 Å². The quantitative estimate of drug-likeness (QED) is 0.134. The lowest BCUT2D eigenvalue weighted by atomic mass is 9.84.